The van der Waals surface area contributed by atoms with Crippen LogP contribution in [-0.2, 0) is 15.8 Å². The van der Waals surface area contributed by atoms with Gasteiger partial charge in [-0.15, -0.1) is 0 Å². The third kappa shape index (κ3) is 3.00. The number of benzene rings is 2. The second-order valence-electron chi connectivity index (χ2n) is 7.36. The Bertz CT molecular complexity index is 840. The molecule has 0 saturated heterocycles. The van der Waals surface area contributed by atoms with Crippen molar-refractivity contribution in [1.29, 1.82) is 0 Å². The molecule has 1 amide bonds. The number of hydrogen-bond donors (Lipinski definition) is 0. The molecule has 0 aliphatic carbocycles. The molecule has 4 nitrogen and oxygen atoms in total. The minimum Gasteiger partial charge on any atom is -0.496 e. The number of carbonyl (C=O) groups is 1. The lowest BCUT2D eigenvalue weighted by molar-refractivity contribution is -0.117. The maximum Gasteiger partial charge on any atom is 0.231 e. The molecular weight excluding hydrogens is 333 g/mol. The predicted octanol–water partition coefficient (Wildman–Crippen LogP) is 4.03. The highest BCUT2D eigenvalue weighted by atomic mass is 31.2. The maximum atomic E-state index is 13.9. The lowest BCUT2D eigenvalue weighted by atomic mass is 10.1. The van der Waals surface area contributed by atoms with Gasteiger partial charge in [-0.1, -0.05) is 57.2 Å². The Kier molecular flexibility index (Phi) is 4.51. The molecule has 3 rings (SSSR count). The molecule has 1 atom stereocenters. The van der Waals surface area contributed by atoms with E-state index in [4.69, 9.17) is 4.74 Å². The largest absolute Gasteiger partial charge is 0.496 e. The van der Waals surface area contributed by atoms with Gasteiger partial charge in [0.05, 0.1) is 30.8 Å². The molecule has 0 radical (unpaired) electrons. The standard InChI is InChI=1S/C20H24NO3P/c1-20(2,3)25(23)14-21(16-11-8-12-17(24-4)19(16)25)18(22)13-15-9-6-5-7-10-15/h5-12H,13-14H2,1-4H3. The third-order valence-corrected chi connectivity index (χ3v) is 8.79. The van der Waals surface area contributed by atoms with E-state index in [9.17, 15) is 9.36 Å². The van der Waals surface area contributed by atoms with Gasteiger partial charge >= 0.3 is 0 Å². The van der Waals surface area contributed by atoms with Gasteiger partial charge in [0, 0.05) is 5.16 Å². The van der Waals surface area contributed by atoms with Crippen molar-refractivity contribution in [1.82, 2.24) is 0 Å². The minimum atomic E-state index is -2.83. The topological polar surface area (TPSA) is 46.6 Å². The summed E-state index contributed by atoms with van der Waals surface area (Å²) < 4.78 is 19.4. The number of fused-ring (bicyclic) bond motifs is 1. The average molecular weight is 357 g/mol. The van der Waals surface area contributed by atoms with Crippen molar-refractivity contribution >= 4 is 24.0 Å². The predicted molar refractivity (Wildman–Crippen MR) is 102 cm³/mol. The number of amides is 1. The molecule has 0 aromatic heterocycles. The van der Waals surface area contributed by atoms with E-state index in [1.807, 2.05) is 69.3 Å². The zero-order chi connectivity index (χ0) is 18.2. The zero-order valence-corrected chi connectivity index (χ0v) is 16.0. The molecule has 25 heavy (non-hydrogen) atoms. The quantitative estimate of drug-likeness (QED) is 0.779. The van der Waals surface area contributed by atoms with Crippen LogP contribution in [0.1, 0.15) is 26.3 Å². The van der Waals surface area contributed by atoms with Gasteiger partial charge in [-0.05, 0) is 17.7 Å². The number of ether oxygens (including phenoxy) is 1. The Hall–Kier alpha value is -2.06. The SMILES string of the molecule is COc1cccc2c1P(=O)(C(C)(C)C)CN2C(=O)Cc1ccccc1. The fraction of sp³-hybridized carbons (Fsp3) is 0.350. The number of nitrogens with zero attached hydrogens (tertiary/aromatic N) is 1. The molecule has 2 aromatic carbocycles. The summed E-state index contributed by atoms with van der Waals surface area (Å²) in [6.45, 7) is 5.90. The highest BCUT2D eigenvalue weighted by Gasteiger charge is 2.49. The molecule has 1 unspecified atom stereocenters. The summed E-state index contributed by atoms with van der Waals surface area (Å²) in [6, 6.07) is 15.2. The Balaban J connectivity index is 2.05. The van der Waals surface area contributed by atoms with Gasteiger partial charge < -0.3 is 14.2 Å². The molecule has 132 valence electrons. The first-order valence-electron chi connectivity index (χ1n) is 8.39. The van der Waals surface area contributed by atoms with Crippen LogP contribution in [0, 0.1) is 0 Å². The lowest BCUT2D eigenvalue weighted by Crippen LogP contribution is -2.31. The van der Waals surface area contributed by atoms with E-state index in [0.717, 1.165) is 11.3 Å². The molecule has 1 aliphatic heterocycles. The fourth-order valence-electron chi connectivity index (χ4n) is 3.23. The summed E-state index contributed by atoms with van der Waals surface area (Å²) in [5.41, 5.74) is 1.67. The first-order chi connectivity index (χ1) is 11.8. The molecule has 0 N–H and O–H groups in total. The second kappa shape index (κ2) is 6.34. The Labute approximate surface area is 149 Å². The normalized spacial score (nSPS) is 19.6. The van der Waals surface area contributed by atoms with Crippen molar-refractivity contribution in [3.05, 3.63) is 54.1 Å². The molecule has 0 spiro atoms. The van der Waals surface area contributed by atoms with Gasteiger partial charge in [0.15, 0.2) is 0 Å². The van der Waals surface area contributed by atoms with Gasteiger partial charge in [-0.25, -0.2) is 0 Å². The molecule has 0 bridgehead atoms. The van der Waals surface area contributed by atoms with E-state index in [1.54, 1.807) is 12.0 Å². The summed E-state index contributed by atoms with van der Waals surface area (Å²) >= 11 is 0. The van der Waals surface area contributed by atoms with Crippen molar-refractivity contribution < 1.29 is 14.1 Å². The Morgan fingerprint density at radius 3 is 2.40 bits per heavy atom. The zero-order valence-electron chi connectivity index (χ0n) is 15.2. The first kappa shape index (κ1) is 17.8. The van der Waals surface area contributed by atoms with Crippen LogP contribution in [-0.4, -0.2) is 24.5 Å². The summed E-state index contributed by atoms with van der Waals surface area (Å²) in [4.78, 5) is 14.6. The summed E-state index contributed by atoms with van der Waals surface area (Å²) in [5.74, 6) is 0.563. The van der Waals surface area contributed by atoms with Crippen LogP contribution in [0.5, 0.6) is 5.75 Å². The third-order valence-electron chi connectivity index (χ3n) is 4.77. The van der Waals surface area contributed by atoms with Crippen LogP contribution in [0.4, 0.5) is 5.69 Å². The smallest absolute Gasteiger partial charge is 0.231 e. The fourth-order valence-corrected chi connectivity index (χ4v) is 6.26. The first-order valence-corrected chi connectivity index (χ1v) is 10.3. The van der Waals surface area contributed by atoms with E-state index in [1.165, 1.54) is 0 Å². The summed E-state index contributed by atoms with van der Waals surface area (Å²) in [5, 5.41) is 0.254. The number of rotatable bonds is 3. The van der Waals surface area contributed by atoms with Gasteiger partial charge in [-0.2, -0.15) is 0 Å². The molecule has 1 heterocycles. The van der Waals surface area contributed by atoms with Crippen molar-refractivity contribution in [2.45, 2.75) is 32.3 Å². The molecule has 2 aromatic rings. The lowest BCUT2D eigenvalue weighted by Gasteiger charge is -2.29. The van der Waals surface area contributed by atoms with E-state index >= 15 is 0 Å². The Morgan fingerprint density at radius 2 is 1.80 bits per heavy atom. The van der Waals surface area contributed by atoms with Crippen LogP contribution < -0.4 is 14.9 Å². The second-order valence-corrected chi connectivity index (χ2v) is 10.9. The van der Waals surface area contributed by atoms with E-state index in [2.05, 4.69) is 0 Å². The maximum absolute atomic E-state index is 13.9. The molecule has 1 aliphatic rings. The van der Waals surface area contributed by atoms with E-state index < -0.39 is 12.3 Å². The monoisotopic (exact) mass is 357 g/mol. The van der Waals surface area contributed by atoms with Crippen LogP contribution in [0.2, 0.25) is 0 Å². The van der Waals surface area contributed by atoms with Crippen LogP contribution in [0.3, 0.4) is 0 Å². The summed E-state index contributed by atoms with van der Waals surface area (Å²) in [7, 11) is -1.25. The molecule has 0 fully saturated rings. The van der Waals surface area contributed by atoms with Crippen molar-refractivity contribution in [2.75, 3.05) is 18.3 Å². The number of methoxy groups -OCH3 is 1. The van der Waals surface area contributed by atoms with Crippen molar-refractivity contribution in [3.8, 4) is 5.75 Å². The number of hydrogen-bond acceptors (Lipinski definition) is 3. The van der Waals surface area contributed by atoms with Gasteiger partial charge in [-0.3, -0.25) is 4.79 Å². The molecular formula is C20H24NO3P. The average Bonchev–Trinajstić information content (AvgIpc) is 2.90. The highest BCUT2D eigenvalue weighted by molar-refractivity contribution is 7.74. The van der Waals surface area contributed by atoms with E-state index in [-0.39, 0.29) is 12.2 Å². The van der Waals surface area contributed by atoms with Gasteiger partial charge in [0.2, 0.25) is 5.91 Å². The van der Waals surface area contributed by atoms with Crippen LogP contribution >= 0.6 is 7.14 Å². The number of carbonyl (C=O) groups excluding carboxylic acids is 1. The number of anilines is 1. The van der Waals surface area contributed by atoms with E-state index in [0.29, 0.717) is 17.5 Å². The summed E-state index contributed by atoms with van der Waals surface area (Å²) in [6.07, 6.45) is 0.527. The van der Waals surface area contributed by atoms with Crippen LogP contribution in [0.25, 0.3) is 0 Å². The molecule has 5 heteroatoms. The molecule has 0 saturated carbocycles. The highest BCUT2D eigenvalue weighted by Crippen LogP contribution is 2.64. The van der Waals surface area contributed by atoms with Gasteiger partial charge in [0.1, 0.15) is 12.9 Å². The van der Waals surface area contributed by atoms with Gasteiger partial charge in [0.25, 0.3) is 0 Å². The van der Waals surface area contributed by atoms with Crippen molar-refractivity contribution in [3.63, 3.8) is 0 Å². The van der Waals surface area contributed by atoms with Crippen molar-refractivity contribution in [2.24, 2.45) is 0 Å². The minimum absolute atomic E-state index is 0.0392. The Morgan fingerprint density at radius 1 is 1.12 bits per heavy atom. The van der Waals surface area contributed by atoms with Crippen LogP contribution in [0.15, 0.2) is 48.5 Å².